The first-order valence-electron chi connectivity index (χ1n) is 7.19. The minimum Gasteiger partial charge on any atom is -0.337 e. The van der Waals surface area contributed by atoms with Gasteiger partial charge in [0.1, 0.15) is 0 Å². The molecular formula is C15H16ClF3N2O. The Bertz CT molecular complexity index is 601. The molecular weight excluding hydrogens is 317 g/mol. The standard InChI is InChI=1S/C15H16ClF3N2O/c16-12-4-3-9(15(17,18)19)5-10(12)14(22)21-6-11(8-1-2-8)13(20)7-21/h3-5,8,11,13H,1-2,6-7,20H2/t11-,13+/m1/s1. The van der Waals surface area contributed by atoms with E-state index in [0.717, 1.165) is 31.0 Å². The largest absolute Gasteiger partial charge is 0.416 e. The summed E-state index contributed by atoms with van der Waals surface area (Å²) >= 11 is 5.92. The molecule has 1 aliphatic carbocycles. The normalized spacial score (nSPS) is 25.6. The van der Waals surface area contributed by atoms with Crippen LogP contribution in [0.15, 0.2) is 18.2 Å². The lowest BCUT2D eigenvalue weighted by Crippen LogP contribution is -2.32. The molecule has 0 aromatic heterocycles. The van der Waals surface area contributed by atoms with Crippen LogP contribution < -0.4 is 5.73 Å². The summed E-state index contributed by atoms with van der Waals surface area (Å²) in [4.78, 5) is 14.0. The molecule has 1 aromatic carbocycles. The van der Waals surface area contributed by atoms with Crippen molar-refractivity contribution in [3.63, 3.8) is 0 Å². The van der Waals surface area contributed by atoms with Crippen LogP contribution in [0, 0.1) is 11.8 Å². The van der Waals surface area contributed by atoms with Gasteiger partial charge in [-0.3, -0.25) is 4.79 Å². The van der Waals surface area contributed by atoms with Crippen molar-refractivity contribution in [1.82, 2.24) is 4.90 Å². The van der Waals surface area contributed by atoms with E-state index in [9.17, 15) is 18.0 Å². The summed E-state index contributed by atoms with van der Waals surface area (Å²) in [5, 5.41) is 0.0291. The highest BCUT2D eigenvalue weighted by atomic mass is 35.5. The van der Waals surface area contributed by atoms with Crippen LogP contribution in [0.2, 0.25) is 5.02 Å². The number of carbonyl (C=O) groups is 1. The zero-order valence-electron chi connectivity index (χ0n) is 11.7. The summed E-state index contributed by atoms with van der Waals surface area (Å²) in [5.41, 5.74) is 5.07. The molecule has 7 heteroatoms. The highest BCUT2D eigenvalue weighted by Gasteiger charge is 2.42. The van der Waals surface area contributed by atoms with Gasteiger partial charge in [-0.25, -0.2) is 0 Å². The van der Waals surface area contributed by atoms with Gasteiger partial charge in [0, 0.05) is 19.1 Å². The van der Waals surface area contributed by atoms with E-state index >= 15 is 0 Å². The summed E-state index contributed by atoms with van der Waals surface area (Å²) in [6.45, 7) is 0.865. The van der Waals surface area contributed by atoms with E-state index in [1.54, 1.807) is 0 Å². The molecule has 1 aromatic rings. The predicted octanol–water partition coefficient (Wildman–Crippen LogP) is 3.17. The lowest BCUT2D eigenvalue weighted by atomic mass is 9.99. The van der Waals surface area contributed by atoms with Crippen molar-refractivity contribution < 1.29 is 18.0 Å². The Kier molecular flexibility index (Phi) is 3.85. The number of alkyl halides is 3. The van der Waals surface area contributed by atoms with Gasteiger partial charge in [-0.05, 0) is 42.9 Å². The quantitative estimate of drug-likeness (QED) is 0.904. The fraction of sp³-hybridized carbons (Fsp3) is 0.533. The second-order valence-electron chi connectivity index (χ2n) is 6.07. The van der Waals surface area contributed by atoms with E-state index < -0.39 is 17.6 Å². The average molecular weight is 333 g/mol. The first-order chi connectivity index (χ1) is 10.3. The Morgan fingerprint density at radius 2 is 1.95 bits per heavy atom. The van der Waals surface area contributed by atoms with Gasteiger partial charge >= 0.3 is 6.18 Å². The highest BCUT2D eigenvalue weighted by Crippen LogP contribution is 2.41. The van der Waals surface area contributed by atoms with Crippen molar-refractivity contribution in [2.75, 3.05) is 13.1 Å². The number of nitrogens with zero attached hydrogens (tertiary/aromatic N) is 1. The van der Waals surface area contributed by atoms with E-state index in [2.05, 4.69) is 0 Å². The number of carbonyl (C=O) groups excluding carboxylic acids is 1. The Hall–Kier alpha value is -1.27. The molecule has 0 radical (unpaired) electrons. The smallest absolute Gasteiger partial charge is 0.337 e. The van der Waals surface area contributed by atoms with Crippen molar-refractivity contribution in [3.8, 4) is 0 Å². The number of nitrogens with two attached hydrogens (primary N) is 1. The zero-order valence-corrected chi connectivity index (χ0v) is 12.5. The minimum absolute atomic E-state index is 0.0291. The van der Waals surface area contributed by atoms with Crippen molar-refractivity contribution in [2.24, 2.45) is 17.6 Å². The molecule has 2 fully saturated rings. The topological polar surface area (TPSA) is 46.3 Å². The fourth-order valence-corrected chi connectivity index (χ4v) is 3.28. The van der Waals surface area contributed by atoms with E-state index in [4.69, 9.17) is 17.3 Å². The van der Waals surface area contributed by atoms with Crippen molar-refractivity contribution in [2.45, 2.75) is 25.1 Å². The average Bonchev–Trinajstić information content (AvgIpc) is 3.20. The molecule has 22 heavy (non-hydrogen) atoms. The predicted molar refractivity (Wildman–Crippen MR) is 76.5 cm³/mol. The fourth-order valence-electron chi connectivity index (χ4n) is 3.08. The van der Waals surface area contributed by atoms with Crippen LogP contribution in [0.25, 0.3) is 0 Å². The number of hydrogen-bond acceptors (Lipinski definition) is 2. The maximum Gasteiger partial charge on any atom is 0.416 e. The molecule has 0 unspecified atom stereocenters. The van der Waals surface area contributed by atoms with Crippen LogP contribution in [0.3, 0.4) is 0 Å². The summed E-state index contributed by atoms with van der Waals surface area (Å²) in [5.74, 6) is 0.313. The number of hydrogen-bond donors (Lipinski definition) is 1. The Morgan fingerprint density at radius 3 is 2.55 bits per heavy atom. The van der Waals surface area contributed by atoms with Gasteiger partial charge in [-0.15, -0.1) is 0 Å². The lowest BCUT2D eigenvalue weighted by molar-refractivity contribution is -0.137. The second kappa shape index (κ2) is 5.42. The number of halogens is 4. The second-order valence-corrected chi connectivity index (χ2v) is 6.47. The monoisotopic (exact) mass is 332 g/mol. The van der Waals surface area contributed by atoms with E-state index in [-0.39, 0.29) is 22.5 Å². The molecule has 0 spiro atoms. The van der Waals surface area contributed by atoms with Gasteiger partial charge in [0.25, 0.3) is 5.91 Å². The molecule has 1 heterocycles. The Balaban J connectivity index is 1.83. The summed E-state index contributed by atoms with van der Waals surface area (Å²) in [7, 11) is 0. The third kappa shape index (κ3) is 2.94. The van der Waals surface area contributed by atoms with E-state index in [1.165, 1.54) is 4.90 Å². The SMILES string of the molecule is N[C@H]1CN(C(=O)c2cc(C(F)(F)F)ccc2Cl)C[C@@H]1C1CC1. The van der Waals surface area contributed by atoms with E-state index in [0.29, 0.717) is 19.0 Å². The molecule has 2 aliphatic rings. The van der Waals surface area contributed by atoms with Crippen LogP contribution in [-0.4, -0.2) is 29.9 Å². The molecule has 120 valence electrons. The molecule has 3 nitrogen and oxygen atoms in total. The van der Waals surface area contributed by atoms with Crippen LogP contribution in [0.5, 0.6) is 0 Å². The molecule has 1 amide bonds. The minimum atomic E-state index is -4.50. The third-order valence-electron chi connectivity index (χ3n) is 4.45. The molecule has 1 saturated heterocycles. The first kappa shape index (κ1) is 15.6. The van der Waals surface area contributed by atoms with Crippen LogP contribution in [0.4, 0.5) is 13.2 Å². The van der Waals surface area contributed by atoms with E-state index in [1.807, 2.05) is 0 Å². The molecule has 3 rings (SSSR count). The zero-order chi connectivity index (χ0) is 16.1. The third-order valence-corrected chi connectivity index (χ3v) is 4.78. The van der Waals surface area contributed by atoms with Crippen molar-refractivity contribution >= 4 is 17.5 Å². The number of benzene rings is 1. The summed E-state index contributed by atoms with van der Waals surface area (Å²) < 4.78 is 38.4. The maximum atomic E-state index is 12.8. The van der Waals surface area contributed by atoms with Gasteiger partial charge in [0.05, 0.1) is 16.1 Å². The Labute approximate surface area is 131 Å². The van der Waals surface area contributed by atoms with Gasteiger partial charge in [-0.2, -0.15) is 13.2 Å². The molecule has 1 saturated carbocycles. The highest BCUT2D eigenvalue weighted by molar-refractivity contribution is 6.33. The van der Waals surface area contributed by atoms with Crippen molar-refractivity contribution in [1.29, 1.82) is 0 Å². The van der Waals surface area contributed by atoms with Crippen LogP contribution in [0.1, 0.15) is 28.8 Å². The number of rotatable bonds is 2. The Morgan fingerprint density at radius 1 is 1.27 bits per heavy atom. The maximum absolute atomic E-state index is 12.8. The molecule has 0 bridgehead atoms. The van der Waals surface area contributed by atoms with Crippen molar-refractivity contribution in [3.05, 3.63) is 34.3 Å². The van der Waals surface area contributed by atoms with Gasteiger partial charge in [0.15, 0.2) is 0 Å². The molecule has 2 atom stereocenters. The van der Waals surface area contributed by atoms with Gasteiger partial charge in [0.2, 0.25) is 0 Å². The molecule has 2 N–H and O–H groups in total. The van der Waals surface area contributed by atoms with Crippen LogP contribution >= 0.6 is 11.6 Å². The summed E-state index contributed by atoms with van der Waals surface area (Å²) in [6.07, 6.45) is -2.27. The summed E-state index contributed by atoms with van der Waals surface area (Å²) in [6, 6.07) is 2.70. The van der Waals surface area contributed by atoms with Gasteiger partial charge < -0.3 is 10.6 Å². The van der Waals surface area contributed by atoms with Crippen LogP contribution in [-0.2, 0) is 6.18 Å². The molecule has 1 aliphatic heterocycles. The lowest BCUT2D eigenvalue weighted by Gasteiger charge is -2.18. The van der Waals surface area contributed by atoms with Gasteiger partial charge in [-0.1, -0.05) is 11.6 Å². The number of amides is 1. The first-order valence-corrected chi connectivity index (χ1v) is 7.57. The number of likely N-dealkylation sites (tertiary alicyclic amines) is 1.